The molecule has 1 aromatic carbocycles. The lowest BCUT2D eigenvalue weighted by Gasteiger charge is -2.12. The molecule has 1 aromatic heterocycles. The van der Waals surface area contributed by atoms with Crippen molar-refractivity contribution in [2.75, 3.05) is 11.5 Å². The Labute approximate surface area is 141 Å². The zero-order chi connectivity index (χ0) is 17.3. The number of hydrogen-bond donors (Lipinski definition) is 1. The van der Waals surface area contributed by atoms with Gasteiger partial charge in [0.1, 0.15) is 5.69 Å². The summed E-state index contributed by atoms with van der Waals surface area (Å²) in [6, 6.07) is 10.9. The number of rotatable bonds is 4. The maximum absolute atomic E-state index is 12.7. The third-order valence-electron chi connectivity index (χ3n) is 4.12. The lowest BCUT2D eigenvalue weighted by atomic mass is 10.1. The fourth-order valence-electron chi connectivity index (χ4n) is 2.78. The first-order valence-corrected chi connectivity index (χ1v) is 9.84. The van der Waals surface area contributed by atoms with Crippen molar-refractivity contribution in [2.45, 2.75) is 32.2 Å². The number of para-hydroxylation sites is 1. The van der Waals surface area contributed by atoms with Crippen LogP contribution < -0.4 is 5.32 Å². The van der Waals surface area contributed by atoms with E-state index in [4.69, 9.17) is 0 Å². The first-order valence-electron chi connectivity index (χ1n) is 8.02. The molecule has 3 rings (SSSR count). The molecule has 0 spiro atoms. The molecule has 2 heterocycles. The van der Waals surface area contributed by atoms with E-state index in [0.29, 0.717) is 12.1 Å². The summed E-state index contributed by atoms with van der Waals surface area (Å²) in [7, 11) is -3.03. The van der Waals surface area contributed by atoms with Gasteiger partial charge in [0.2, 0.25) is 0 Å². The van der Waals surface area contributed by atoms with Crippen molar-refractivity contribution >= 4 is 15.7 Å². The van der Waals surface area contributed by atoms with Crippen molar-refractivity contribution in [2.24, 2.45) is 0 Å². The predicted molar refractivity (Wildman–Crippen MR) is 92.2 cm³/mol. The van der Waals surface area contributed by atoms with Gasteiger partial charge in [-0.15, -0.1) is 0 Å². The van der Waals surface area contributed by atoms with Gasteiger partial charge in [-0.05, 0) is 30.5 Å². The molecule has 1 fully saturated rings. The molecular formula is C17H21N3O3S. The fraction of sp³-hybridized carbons (Fsp3) is 0.412. The highest BCUT2D eigenvalue weighted by molar-refractivity contribution is 7.91. The summed E-state index contributed by atoms with van der Waals surface area (Å²) in [4.78, 5) is 12.7. The summed E-state index contributed by atoms with van der Waals surface area (Å²) in [5.41, 5.74) is 2.05. The number of amides is 1. The summed E-state index contributed by atoms with van der Waals surface area (Å²) >= 11 is 0. The normalized spacial score (nSPS) is 19.5. The first kappa shape index (κ1) is 16.7. The van der Waals surface area contributed by atoms with Gasteiger partial charge in [-0.3, -0.25) is 4.79 Å². The maximum Gasteiger partial charge on any atom is 0.270 e. The van der Waals surface area contributed by atoms with Gasteiger partial charge in [0.15, 0.2) is 9.84 Å². The molecule has 0 saturated carbocycles. The van der Waals surface area contributed by atoms with Crippen molar-refractivity contribution in [3.63, 3.8) is 0 Å². The van der Waals surface area contributed by atoms with Crippen molar-refractivity contribution in [3.8, 4) is 5.69 Å². The SMILES string of the molecule is CC(C)c1cc(C(=O)N[C@H]2CCS(=O)(=O)C2)n(-c2ccccc2)n1. The van der Waals surface area contributed by atoms with E-state index >= 15 is 0 Å². The van der Waals surface area contributed by atoms with E-state index in [-0.39, 0.29) is 29.4 Å². The van der Waals surface area contributed by atoms with E-state index in [9.17, 15) is 13.2 Å². The number of nitrogens with zero attached hydrogens (tertiary/aromatic N) is 2. The van der Waals surface area contributed by atoms with Crippen molar-refractivity contribution in [3.05, 3.63) is 47.8 Å². The molecule has 1 amide bonds. The molecule has 2 aromatic rings. The highest BCUT2D eigenvalue weighted by Crippen LogP contribution is 2.19. The summed E-state index contributed by atoms with van der Waals surface area (Å²) in [5.74, 6) is 0.0382. The van der Waals surface area contributed by atoms with Gasteiger partial charge in [0.05, 0.1) is 22.9 Å². The second kappa shape index (κ2) is 6.39. The Bertz CT molecular complexity index is 841. The standard InChI is InChI=1S/C17H21N3O3S/c1-12(2)15-10-16(20(19-15)14-6-4-3-5-7-14)17(21)18-13-8-9-24(22,23)11-13/h3-7,10,12-13H,8-9,11H2,1-2H3,(H,18,21)/t13-/m0/s1. The molecule has 0 aliphatic carbocycles. The Hall–Kier alpha value is -2.15. The van der Waals surface area contributed by atoms with E-state index in [1.807, 2.05) is 44.2 Å². The summed E-state index contributed by atoms with van der Waals surface area (Å²) in [6.07, 6.45) is 0.463. The Morgan fingerprint density at radius 1 is 1.29 bits per heavy atom. The van der Waals surface area contributed by atoms with E-state index in [1.54, 1.807) is 10.7 Å². The van der Waals surface area contributed by atoms with Crippen LogP contribution in [-0.4, -0.2) is 41.7 Å². The minimum Gasteiger partial charge on any atom is -0.347 e. The second-order valence-corrected chi connectivity index (χ2v) is 8.66. The molecule has 0 radical (unpaired) electrons. The van der Waals surface area contributed by atoms with Crippen LogP contribution in [0, 0.1) is 0 Å². The molecule has 1 aliphatic heterocycles. The van der Waals surface area contributed by atoms with Crippen molar-refractivity contribution in [1.82, 2.24) is 15.1 Å². The molecule has 24 heavy (non-hydrogen) atoms. The van der Waals surface area contributed by atoms with Crippen molar-refractivity contribution < 1.29 is 13.2 Å². The molecule has 7 heteroatoms. The molecular weight excluding hydrogens is 326 g/mol. The number of hydrogen-bond acceptors (Lipinski definition) is 4. The smallest absolute Gasteiger partial charge is 0.270 e. The third kappa shape index (κ3) is 3.51. The zero-order valence-corrected chi connectivity index (χ0v) is 14.6. The lowest BCUT2D eigenvalue weighted by Crippen LogP contribution is -2.36. The lowest BCUT2D eigenvalue weighted by molar-refractivity contribution is 0.0933. The second-order valence-electron chi connectivity index (χ2n) is 6.43. The largest absolute Gasteiger partial charge is 0.347 e. The summed E-state index contributed by atoms with van der Waals surface area (Å²) < 4.78 is 24.8. The van der Waals surface area contributed by atoms with E-state index < -0.39 is 9.84 Å². The number of carbonyl (C=O) groups is 1. The molecule has 1 aliphatic rings. The van der Waals surface area contributed by atoms with Crippen LogP contribution in [0.4, 0.5) is 0 Å². The topological polar surface area (TPSA) is 81.1 Å². The average molecular weight is 347 g/mol. The quantitative estimate of drug-likeness (QED) is 0.916. The van der Waals surface area contributed by atoms with Gasteiger partial charge in [-0.1, -0.05) is 32.0 Å². The Morgan fingerprint density at radius 2 is 2.00 bits per heavy atom. The van der Waals surface area contributed by atoms with Gasteiger partial charge in [0.25, 0.3) is 5.91 Å². The van der Waals surface area contributed by atoms with Gasteiger partial charge in [0, 0.05) is 6.04 Å². The van der Waals surface area contributed by atoms with Crippen LogP contribution in [0.15, 0.2) is 36.4 Å². The Kier molecular flexibility index (Phi) is 4.45. The van der Waals surface area contributed by atoms with E-state index in [2.05, 4.69) is 10.4 Å². The number of benzene rings is 1. The minimum atomic E-state index is -3.03. The third-order valence-corrected chi connectivity index (χ3v) is 5.89. The van der Waals surface area contributed by atoms with Crippen LogP contribution in [-0.2, 0) is 9.84 Å². The number of nitrogens with one attached hydrogen (secondary N) is 1. The first-order chi connectivity index (χ1) is 11.4. The Balaban J connectivity index is 1.90. The highest BCUT2D eigenvalue weighted by Gasteiger charge is 2.30. The van der Waals surface area contributed by atoms with Gasteiger partial charge >= 0.3 is 0 Å². The molecule has 0 bridgehead atoms. The molecule has 6 nitrogen and oxygen atoms in total. The molecule has 1 saturated heterocycles. The number of sulfone groups is 1. The molecule has 1 atom stereocenters. The minimum absolute atomic E-state index is 0.00918. The Morgan fingerprint density at radius 3 is 2.58 bits per heavy atom. The predicted octanol–water partition coefficient (Wildman–Crippen LogP) is 1.91. The molecule has 128 valence electrons. The van der Waals surface area contributed by atoms with E-state index in [0.717, 1.165) is 11.4 Å². The molecule has 1 N–H and O–H groups in total. The van der Waals surface area contributed by atoms with Crippen LogP contribution in [0.25, 0.3) is 5.69 Å². The number of carbonyl (C=O) groups excluding carboxylic acids is 1. The van der Waals surface area contributed by atoms with E-state index in [1.165, 1.54) is 0 Å². The van der Waals surface area contributed by atoms with Crippen LogP contribution >= 0.6 is 0 Å². The highest BCUT2D eigenvalue weighted by atomic mass is 32.2. The van der Waals surface area contributed by atoms with Crippen LogP contribution in [0.2, 0.25) is 0 Å². The maximum atomic E-state index is 12.7. The van der Waals surface area contributed by atoms with Crippen LogP contribution in [0.1, 0.15) is 42.4 Å². The van der Waals surface area contributed by atoms with Crippen LogP contribution in [0.5, 0.6) is 0 Å². The fourth-order valence-corrected chi connectivity index (χ4v) is 4.45. The van der Waals surface area contributed by atoms with Crippen molar-refractivity contribution in [1.29, 1.82) is 0 Å². The van der Waals surface area contributed by atoms with Gasteiger partial charge in [-0.2, -0.15) is 5.10 Å². The monoisotopic (exact) mass is 347 g/mol. The van der Waals surface area contributed by atoms with Gasteiger partial charge < -0.3 is 5.32 Å². The number of aromatic nitrogens is 2. The summed E-state index contributed by atoms with van der Waals surface area (Å²) in [5, 5.41) is 7.38. The zero-order valence-electron chi connectivity index (χ0n) is 13.8. The van der Waals surface area contributed by atoms with Gasteiger partial charge in [-0.25, -0.2) is 13.1 Å². The molecule has 0 unspecified atom stereocenters. The summed E-state index contributed by atoms with van der Waals surface area (Å²) in [6.45, 7) is 4.03. The van der Waals surface area contributed by atoms with Crippen LogP contribution in [0.3, 0.4) is 0 Å². The average Bonchev–Trinajstić information content (AvgIpc) is 3.12.